The van der Waals surface area contributed by atoms with Crippen LogP contribution in [0.4, 0.5) is 10.2 Å². The van der Waals surface area contributed by atoms with Gasteiger partial charge in [-0.15, -0.1) is 0 Å². The van der Waals surface area contributed by atoms with E-state index in [1.807, 2.05) is 48.5 Å². The topological polar surface area (TPSA) is 107 Å². The first-order valence-corrected chi connectivity index (χ1v) is 10.8. The fourth-order valence-corrected chi connectivity index (χ4v) is 3.75. The molecule has 5 rings (SSSR count). The molecule has 3 aromatic carbocycles. The van der Waals surface area contributed by atoms with Crippen molar-refractivity contribution in [1.82, 2.24) is 20.0 Å². The van der Waals surface area contributed by atoms with Crippen LogP contribution in [0.2, 0.25) is 0 Å². The molecule has 3 N–H and O–H groups in total. The number of halogens is 1. The summed E-state index contributed by atoms with van der Waals surface area (Å²) in [5.41, 5.74) is 10.0. The lowest BCUT2D eigenvalue weighted by molar-refractivity contribution is 0.0953. The number of hydrogen-bond donors (Lipinski definition) is 2. The summed E-state index contributed by atoms with van der Waals surface area (Å²) in [6.07, 6.45) is 1.59. The van der Waals surface area contributed by atoms with Crippen LogP contribution in [0.25, 0.3) is 22.2 Å². The van der Waals surface area contributed by atoms with Crippen LogP contribution in [0.5, 0.6) is 5.75 Å². The molecule has 0 atom stereocenters. The smallest absolute Gasteiger partial charge is 0.257 e. The number of nitrogens with two attached hydrogens (primary N) is 1. The number of nitrogens with zero attached hydrogens (tertiary/aromatic N) is 4. The Labute approximate surface area is 199 Å². The SMILES string of the molecule is COc1ccccc1/C=N\n1c(N)c(C(=O)NCc2ccc(F)cc2)c2nc3ccccc3nc21. The molecule has 0 unspecified atom stereocenters. The zero-order valence-corrected chi connectivity index (χ0v) is 18.8. The minimum Gasteiger partial charge on any atom is -0.496 e. The van der Waals surface area contributed by atoms with Crippen LogP contribution < -0.4 is 15.8 Å². The van der Waals surface area contributed by atoms with Gasteiger partial charge in [-0.05, 0) is 42.0 Å². The molecule has 0 bridgehead atoms. The third kappa shape index (κ3) is 4.26. The number of carbonyl (C=O) groups is 1. The Balaban J connectivity index is 1.59. The summed E-state index contributed by atoms with van der Waals surface area (Å²) in [6.45, 7) is 0.191. The van der Waals surface area contributed by atoms with Gasteiger partial charge in [0, 0.05) is 12.1 Å². The molecule has 5 aromatic rings. The molecule has 0 fully saturated rings. The van der Waals surface area contributed by atoms with Gasteiger partial charge in [0.2, 0.25) is 0 Å². The number of ether oxygens (including phenoxy) is 1. The molecule has 8 nitrogen and oxygen atoms in total. The van der Waals surface area contributed by atoms with E-state index in [1.165, 1.54) is 16.8 Å². The highest BCUT2D eigenvalue weighted by Gasteiger charge is 2.24. The molecule has 0 spiro atoms. The van der Waals surface area contributed by atoms with Crippen molar-refractivity contribution in [3.8, 4) is 5.75 Å². The number of amides is 1. The van der Waals surface area contributed by atoms with E-state index < -0.39 is 5.91 Å². The quantitative estimate of drug-likeness (QED) is 0.365. The van der Waals surface area contributed by atoms with Crippen molar-refractivity contribution in [2.24, 2.45) is 5.10 Å². The second-order valence-electron chi connectivity index (χ2n) is 7.75. The molecule has 174 valence electrons. The summed E-state index contributed by atoms with van der Waals surface area (Å²) < 4.78 is 20.0. The predicted octanol–water partition coefficient (Wildman–Crippen LogP) is 4.13. The lowest BCUT2D eigenvalue weighted by atomic mass is 10.2. The third-order valence-electron chi connectivity index (χ3n) is 5.52. The molecule has 0 radical (unpaired) electrons. The fourth-order valence-electron chi connectivity index (χ4n) is 3.75. The lowest BCUT2D eigenvalue weighted by Crippen LogP contribution is -2.23. The first-order chi connectivity index (χ1) is 17.0. The van der Waals surface area contributed by atoms with Crippen LogP contribution in [0.1, 0.15) is 21.5 Å². The Bertz CT molecular complexity index is 1580. The molecule has 35 heavy (non-hydrogen) atoms. The molecule has 0 aliphatic heterocycles. The number of para-hydroxylation sites is 3. The first kappa shape index (κ1) is 22.0. The van der Waals surface area contributed by atoms with E-state index in [0.717, 1.165) is 11.1 Å². The van der Waals surface area contributed by atoms with Gasteiger partial charge in [-0.1, -0.05) is 36.4 Å². The monoisotopic (exact) mass is 468 g/mol. The van der Waals surface area contributed by atoms with Crippen molar-refractivity contribution >= 4 is 40.1 Å². The zero-order valence-electron chi connectivity index (χ0n) is 18.8. The Hall–Kier alpha value is -4.79. The number of hydrogen-bond acceptors (Lipinski definition) is 6. The molecule has 0 saturated carbocycles. The van der Waals surface area contributed by atoms with E-state index in [-0.39, 0.29) is 23.7 Å². The highest BCUT2D eigenvalue weighted by Crippen LogP contribution is 2.28. The number of anilines is 1. The number of methoxy groups -OCH3 is 1. The van der Waals surface area contributed by atoms with Gasteiger partial charge in [0.25, 0.3) is 5.91 Å². The average Bonchev–Trinajstić information content (AvgIpc) is 3.15. The second kappa shape index (κ2) is 9.22. The van der Waals surface area contributed by atoms with Gasteiger partial charge < -0.3 is 15.8 Å². The van der Waals surface area contributed by atoms with Crippen molar-refractivity contribution < 1.29 is 13.9 Å². The molecule has 0 aliphatic rings. The van der Waals surface area contributed by atoms with E-state index in [9.17, 15) is 9.18 Å². The highest BCUT2D eigenvalue weighted by molar-refractivity contribution is 6.10. The predicted molar refractivity (Wildman–Crippen MR) is 133 cm³/mol. The maximum Gasteiger partial charge on any atom is 0.257 e. The molecule has 2 heterocycles. The van der Waals surface area contributed by atoms with Gasteiger partial charge in [-0.3, -0.25) is 4.79 Å². The van der Waals surface area contributed by atoms with E-state index in [4.69, 9.17) is 10.5 Å². The Morgan fingerprint density at radius 2 is 1.74 bits per heavy atom. The molecule has 2 aromatic heterocycles. The van der Waals surface area contributed by atoms with Crippen molar-refractivity contribution in [3.05, 3.63) is 95.3 Å². The van der Waals surface area contributed by atoms with E-state index in [2.05, 4.69) is 20.4 Å². The van der Waals surface area contributed by atoms with Crippen LogP contribution in [-0.2, 0) is 6.54 Å². The minimum absolute atomic E-state index is 0.0954. The minimum atomic E-state index is -0.437. The number of nitrogen functional groups attached to an aromatic ring is 1. The van der Waals surface area contributed by atoms with Gasteiger partial charge >= 0.3 is 0 Å². The van der Waals surface area contributed by atoms with Crippen molar-refractivity contribution in [2.75, 3.05) is 12.8 Å². The summed E-state index contributed by atoms with van der Waals surface area (Å²) in [5, 5.41) is 7.34. The average molecular weight is 468 g/mol. The Morgan fingerprint density at radius 1 is 1.06 bits per heavy atom. The van der Waals surface area contributed by atoms with Crippen molar-refractivity contribution in [1.29, 1.82) is 0 Å². The largest absolute Gasteiger partial charge is 0.496 e. The number of rotatable bonds is 6. The number of fused-ring (bicyclic) bond motifs is 2. The van der Waals surface area contributed by atoms with Crippen molar-refractivity contribution in [3.63, 3.8) is 0 Å². The molecule has 9 heteroatoms. The van der Waals surface area contributed by atoms with Gasteiger partial charge in [0.15, 0.2) is 5.65 Å². The number of nitrogens with one attached hydrogen (secondary N) is 1. The molecule has 1 amide bonds. The number of benzene rings is 3. The summed E-state index contributed by atoms with van der Waals surface area (Å²) >= 11 is 0. The van der Waals surface area contributed by atoms with Crippen LogP contribution in [0, 0.1) is 5.82 Å². The lowest BCUT2D eigenvalue weighted by Gasteiger charge is -2.06. The van der Waals surface area contributed by atoms with E-state index >= 15 is 0 Å². The second-order valence-corrected chi connectivity index (χ2v) is 7.75. The van der Waals surface area contributed by atoms with E-state index in [1.54, 1.807) is 25.5 Å². The summed E-state index contributed by atoms with van der Waals surface area (Å²) in [5.74, 6) is -0.0479. The molecular formula is C26H21FN6O2. The first-order valence-electron chi connectivity index (χ1n) is 10.8. The molecule has 0 saturated heterocycles. The van der Waals surface area contributed by atoms with Gasteiger partial charge in [0.1, 0.15) is 28.5 Å². The number of aromatic nitrogens is 3. The molecule has 0 aliphatic carbocycles. The van der Waals surface area contributed by atoms with Crippen LogP contribution in [0.15, 0.2) is 77.9 Å². The third-order valence-corrected chi connectivity index (χ3v) is 5.52. The number of carbonyl (C=O) groups excluding carboxylic acids is 1. The summed E-state index contributed by atoms with van der Waals surface area (Å²) in [6, 6.07) is 20.6. The Kier molecular flexibility index (Phi) is 5.80. The van der Waals surface area contributed by atoms with Gasteiger partial charge in [-0.25, -0.2) is 14.4 Å². The summed E-state index contributed by atoms with van der Waals surface area (Å²) in [4.78, 5) is 22.6. The van der Waals surface area contributed by atoms with Gasteiger partial charge in [-0.2, -0.15) is 9.78 Å². The van der Waals surface area contributed by atoms with Crippen LogP contribution >= 0.6 is 0 Å². The fraction of sp³-hybridized carbons (Fsp3) is 0.0769. The standard InChI is InChI=1S/C26H21FN6O2/c1-35-21-9-5-2-6-17(21)15-30-33-24(28)22(26(34)29-14-16-10-12-18(27)13-11-16)23-25(33)32-20-8-4-3-7-19(20)31-23/h2-13,15H,14,28H2,1H3,(H,29,34)/b30-15-. The summed E-state index contributed by atoms with van der Waals surface area (Å²) in [7, 11) is 1.58. The maximum atomic E-state index is 13.2. The zero-order chi connectivity index (χ0) is 24.4. The normalized spacial score (nSPS) is 11.4. The molecular weight excluding hydrogens is 447 g/mol. The van der Waals surface area contributed by atoms with Crippen LogP contribution in [0.3, 0.4) is 0 Å². The van der Waals surface area contributed by atoms with E-state index in [0.29, 0.717) is 27.9 Å². The maximum absolute atomic E-state index is 13.2. The van der Waals surface area contributed by atoms with Crippen LogP contribution in [-0.4, -0.2) is 33.9 Å². The van der Waals surface area contributed by atoms with Gasteiger partial charge in [0.05, 0.1) is 24.4 Å². The Morgan fingerprint density at radius 3 is 2.49 bits per heavy atom. The highest BCUT2D eigenvalue weighted by atomic mass is 19.1. The van der Waals surface area contributed by atoms with Crippen molar-refractivity contribution in [2.45, 2.75) is 6.54 Å².